The van der Waals surface area contributed by atoms with Crippen molar-refractivity contribution >= 4 is 5.78 Å². The van der Waals surface area contributed by atoms with Gasteiger partial charge in [-0.2, -0.15) is 0 Å². The Morgan fingerprint density at radius 3 is 2.30 bits per heavy atom. The molecule has 1 aliphatic rings. The molecule has 0 bridgehead atoms. The van der Waals surface area contributed by atoms with E-state index in [1.165, 1.54) is 11.3 Å². The van der Waals surface area contributed by atoms with E-state index in [1.807, 2.05) is 24.3 Å². The molecule has 0 atom stereocenters. The van der Waals surface area contributed by atoms with E-state index in [1.54, 1.807) is 0 Å². The van der Waals surface area contributed by atoms with Crippen LogP contribution in [0.25, 0.3) is 11.1 Å². The highest BCUT2D eigenvalue weighted by atomic mass is 16.1. The van der Waals surface area contributed by atoms with E-state index >= 15 is 0 Å². The molecule has 0 spiro atoms. The van der Waals surface area contributed by atoms with Crippen molar-refractivity contribution < 1.29 is 4.79 Å². The molecule has 2 heteroatoms. The maximum atomic E-state index is 12.5. The van der Waals surface area contributed by atoms with Crippen molar-refractivity contribution in [1.29, 1.82) is 0 Å². The number of ketones is 1. The number of carbonyl (C=O) groups excluding carboxylic acids is 1. The molecule has 23 heavy (non-hydrogen) atoms. The lowest BCUT2D eigenvalue weighted by atomic mass is 9.91. The van der Waals surface area contributed by atoms with Gasteiger partial charge in [0.25, 0.3) is 0 Å². The molecule has 2 nitrogen and oxygen atoms in total. The Balaban J connectivity index is 1.83. The summed E-state index contributed by atoms with van der Waals surface area (Å²) >= 11 is 0. The van der Waals surface area contributed by atoms with Crippen molar-refractivity contribution in [2.24, 2.45) is 0 Å². The second-order valence-electron chi connectivity index (χ2n) is 6.12. The van der Waals surface area contributed by atoms with Crippen molar-refractivity contribution in [1.82, 2.24) is 4.57 Å². The Morgan fingerprint density at radius 1 is 0.870 bits per heavy atom. The molecule has 0 aliphatic heterocycles. The van der Waals surface area contributed by atoms with Gasteiger partial charge in [-0.25, -0.2) is 0 Å². The summed E-state index contributed by atoms with van der Waals surface area (Å²) in [6, 6.07) is 20.7. The maximum absolute atomic E-state index is 12.5. The van der Waals surface area contributed by atoms with Crippen molar-refractivity contribution in [3.8, 4) is 11.1 Å². The molecule has 1 aromatic heterocycles. The fourth-order valence-corrected chi connectivity index (χ4v) is 3.48. The molecule has 0 unspecified atom stereocenters. The average molecular weight is 301 g/mol. The van der Waals surface area contributed by atoms with E-state index in [-0.39, 0.29) is 5.78 Å². The van der Waals surface area contributed by atoms with E-state index in [0.29, 0.717) is 6.42 Å². The predicted octanol–water partition coefficient (Wildman–Crippen LogP) is 4.72. The van der Waals surface area contributed by atoms with Crippen LogP contribution in [0.2, 0.25) is 0 Å². The van der Waals surface area contributed by atoms with Crippen LogP contribution in [-0.2, 0) is 13.0 Å². The quantitative estimate of drug-likeness (QED) is 0.686. The summed E-state index contributed by atoms with van der Waals surface area (Å²) in [5, 5.41) is 0. The Kier molecular flexibility index (Phi) is 3.58. The predicted molar refractivity (Wildman–Crippen MR) is 92.7 cm³/mol. The fraction of sp³-hybridized carbons (Fsp3) is 0.190. The topological polar surface area (TPSA) is 22.0 Å². The largest absolute Gasteiger partial charge is 0.346 e. The standard InChI is InChI=1S/C21H19NO/c23-20-13-7-12-19-21(20)18(17-10-5-2-6-11-17)15-22(19)14-16-8-3-1-4-9-16/h1-6,8-11,15H,7,12-14H2. The Morgan fingerprint density at radius 2 is 1.57 bits per heavy atom. The zero-order valence-electron chi connectivity index (χ0n) is 13.0. The number of fused-ring (bicyclic) bond motifs is 1. The third-order valence-corrected chi connectivity index (χ3v) is 4.57. The van der Waals surface area contributed by atoms with E-state index in [9.17, 15) is 4.79 Å². The smallest absolute Gasteiger partial charge is 0.165 e. The minimum absolute atomic E-state index is 0.289. The molecule has 3 aromatic rings. The minimum Gasteiger partial charge on any atom is -0.346 e. The molecular formula is C21H19NO. The van der Waals surface area contributed by atoms with Gasteiger partial charge < -0.3 is 4.57 Å². The second-order valence-corrected chi connectivity index (χ2v) is 6.12. The van der Waals surface area contributed by atoms with Crippen LogP contribution in [0.15, 0.2) is 66.9 Å². The summed E-state index contributed by atoms with van der Waals surface area (Å²) < 4.78 is 2.27. The summed E-state index contributed by atoms with van der Waals surface area (Å²) in [6.45, 7) is 0.823. The van der Waals surface area contributed by atoms with Crippen LogP contribution in [0.5, 0.6) is 0 Å². The third kappa shape index (κ3) is 2.61. The fourth-order valence-electron chi connectivity index (χ4n) is 3.48. The van der Waals surface area contributed by atoms with Gasteiger partial charge in [-0.05, 0) is 24.0 Å². The zero-order chi connectivity index (χ0) is 15.6. The number of Topliss-reactive ketones (excluding diaryl/α,β-unsaturated/α-hetero) is 1. The van der Waals surface area contributed by atoms with Crippen molar-refractivity contribution in [2.75, 3.05) is 0 Å². The van der Waals surface area contributed by atoms with Crippen LogP contribution in [0.1, 0.15) is 34.5 Å². The van der Waals surface area contributed by atoms with Gasteiger partial charge in [0.15, 0.2) is 5.78 Å². The van der Waals surface area contributed by atoms with Crippen LogP contribution in [0.3, 0.4) is 0 Å². The van der Waals surface area contributed by atoms with Gasteiger partial charge >= 0.3 is 0 Å². The molecule has 0 radical (unpaired) electrons. The van der Waals surface area contributed by atoms with E-state index in [4.69, 9.17) is 0 Å². The van der Waals surface area contributed by atoms with Crippen molar-refractivity contribution in [2.45, 2.75) is 25.8 Å². The first-order valence-corrected chi connectivity index (χ1v) is 8.17. The van der Waals surface area contributed by atoms with Crippen LogP contribution in [0.4, 0.5) is 0 Å². The van der Waals surface area contributed by atoms with Gasteiger partial charge in [0, 0.05) is 36.0 Å². The van der Waals surface area contributed by atoms with Crippen molar-refractivity contribution in [3.63, 3.8) is 0 Å². The molecule has 0 fully saturated rings. The molecule has 1 heterocycles. The summed E-state index contributed by atoms with van der Waals surface area (Å²) in [4.78, 5) is 12.5. The monoisotopic (exact) mass is 301 g/mol. The van der Waals surface area contributed by atoms with Crippen LogP contribution >= 0.6 is 0 Å². The Labute approximate surface area is 136 Å². The van der Waals surface area contributed by atoms with Gasteiger partial charge in [-0.3, -0.25) is 4.79 Å². The van der Waals surface area contributed by atoms with Crippen LogP contribution < -0.4 is 0 Å². The van der Waals surface area contributed by atoms with Crippen LogP contribution in [0, 0.1) is 0 Å². The first kappa shape index (κ1) is 14.0. The highest BCUT2D eigenvalue weighted by Gasteiger charge is 2.25. The van der Waals surface area contributed by atoms with Gasteiger partial charge in [-0.1, -0.05) is 60.7 Å². The van der Waals surface area contributed by atoms with Gasteiger partial charge in [0.2, 0.25) is 0 Å². The Hall–Kier alpha value is -2.61. The molecule has 0 saturated heterocycles. The summed E-state index contributed by atoms with van der Waals surface area (Å²) in [7, 11) is 0. The van der Waals surface area contributed by atoms with Crippen molar-refractivity contribution in [3.05, 3.63) is 83.7 Å². The van der Waals surface area contributed by atoms with Gasteiger partial charge in [-0.15, -0.1) is 0 Å². The lowest BCUT2D eigenvalue weighted by molar-refractivity contribution is 0.0972. The van der Waals surface area contributed by atoms with Gasteiger partial charge in [0.05, 0.1) is 0 Å². The maximum Gasteiger partial charge on any atom is 0.165 e. The summed E-state index contributed by atoms with van der Waals surface area (Å²) in [5.74, 6) is 0.289. The van der Waals surface area contributed by atoms with Crippen LogP contribution in [-0.4, -0.2) is 10.4 Å². The molecule has 2 aromatic carbocycles. The molecule has 4 rings (SSSR count). The number of hydrogen-bond donors (Lipinski definition) is 0. The van der Waals surface area contributed by atoms with Gasteiger partial charge in [0.1, 0.15) is 0 Å². The van der Waals surface area contributed by atoms with E-state index in [0.717, 1.165) is 36.1 Å². The number of hydrogen-bond acceptors (Lipinski definition) is 1. The molecule has 1 aliphatic carbocycles. The minimum atomic E-state index is 0.289. The molecule has 0 N–H and O–H groups in total. The second kappa shape index (κ2) is 5.88. The highest BCUT2D eigenvalue weighted by Crippen LogP contribution is 2.33. The first-order chi connectivity index (χ1) is 11.3. The normalized spacial score (nSPS) is 13.8. The number of benzene rings is 2. The SMILES string of the molecule is O=C1CCCc2c1c(-c1ccccc1)cn2Cc1ccccc1. The molecular weight excluding hydrogens is 282 g/mol. The molecule has 114 valence electrons. The first-order valence-electron chi connectivity index (χ1n) is 8.17. The summed E-state index contributed by atoms with van der Waals surface area (Å²) in [6.07, 6.45) is 4.78. The Bertz CT molecular complexity index is 831. The number of nitrogens with zero attached hydrogens (tertiary/aromatic N) is 1. The van der Waals surface area contributed by atoms with E-state index in [2.05, 4.69) is 47.2 Å². The summed E-state index contributed by atoms with van der Waals surface area (Å²) in [5.41, 5.74) is 5.62. The number of rotatable bonds is 3. The van der Waals surface area contributed by atoms with E-state index < -0.39 is 0 Å². The number of aromatic nitrogens is 1. The highest BCUT2D eigenvalue weighted by molar-refractivity contribution is 6.04. The lowest BCUT2D eigenvalue weighted by Gasteiger charge is -2.15. The zero-order valence-corrected chi connectivity index (χ0v) is 13.0. The lowest BCUT2D eigenvalue weighted by Crippen LogP contribution is -2.14. The molecule has 0 amide bonds. The molecule has 0 saturated carbocycles. The average Bonchev–Trinajstić information content (AvgIpc) is 2.97. The third-order valence-electron chi connectivity index (χ3n) is 4.57. The number of carbonyl (C=O) groups is 1.